The summed E-state index contributed by atoms with van der Waals surface area (Å²) in [7, 11) is 0. The highest BCUT2D eigenvalue weighted by atomic mass is 16.5. The fourth-order valence-corrected chi connectivity index (χ4v) is 4.04. The zero-order valence-corrected chi connectivity index (χ0v) is 17.1. The number of amides is 3. The van der Waals surface area contributed by atoms with Gasteiger partial charge in [0.25, 0.3) is 5.91 Å². The average Bonchev–Trinajstić information content (AvgIpc) is 2.97. The van der Waals surface area contributed by atoms with E-state index in [-0.39, 0.29) is 23.7 Å². The van der Waals surface area contributed by atoms with Gasteiger partial charge in [0, 0.05) is 6.54 Å². The number of benzene rings is 1. The highest BCUT2D eigenvalue weighted by Crippen LogP contribution is 2.38. The van der Waals surface area contributed by atoms with Gasteiger partial charge in [0.05, 0.1) is 11.8 Å². The normalized spacial score (nSPS) is 23.3. The Kier molecular flexibility index (Phi) is 6.35. The van der Waals surface area contributed by atoms with Crippen molar-refractivity contribution >= 4 is 23.7 Å². The zero-order valence-electron chi connectivity index (χ0n) is 17.1. The molecule has 1 aromatic carbocycles. The van der Waals surface area contributed by atoms with E-state index < -0.39 is 24.0 Å². The maximum Gasteiger partial charge on any atom is 0.329 e. The van der Waals surface area contributed by atoms with Crippen LogP contribution in [0.15, 0.2) is 24.3 Å². The van der Waals surface area contributed by atoms with Crippen molar-refractivity contribution in [2.75, 3.05) is 0 Å². The summed E-state index contributed by atoms with van der Waals surface area (Å²) in [5, 5.41) is 2.73. The number of nitrogens with zero attached hydrogens (tertiary/aromatic N) is 1. The SMILES string of the molecule is Cc1ccc(CNC(=O)[C@@H](C)OC(=O)[C@H](C)N2C(=O)[C@H]3CCCC[C@@H]3C2=O)cc1. The number of nitrogens with one attached hydrogen (secondary N) is 1. The topological polar surface area (TPSA) is 92.8 Å². The first-order chi connectivity index (χ1) is 13.8. The molecule has 3 rings (SSSR count). The molecule has 1 aromatic rings. The van der Waals surface area contributed by atoms with E-state index in [9.17, 15) is 19.2 Å². The number of rotatable bonds is 6. The monoisotopic (exact) mass is 400 g/mol. The molecule has 0 bridgehead atoms. The fourth-order valence-electron chi connectivity index (χ4n) is 4.04. The van der Waals surface area contributed by atoms with Crippen LogP contribution in [0, 0.1) is 18.8 Å². The maximum atomic E-state index is 12.6. The van der Waals surface area contributed by atoms with Crippen LogP contribution in [-0.4, -0.2) is 40.7 Å². The molecule has 29 heavy (non-hydrogen) atoms. The second-order valence-electron chi connectivity index (χ2n) is 8.00. The summed E-state index contributed by atoms with van der Waals surface area (Å²) in [5.74, 6) is -2.40. The third-order valence-electron chi connectivity index (χ3n) is 5.85. The Morgan fingerprint density at radius 1 is 1.07 bits per heavy atom. The second-order valence-corrected chi connectivity index (χ2v) is 8.00. The number of esters is 1. The lowest BCUT2D eigenvalue weighted by Gasteiger charge is -2.23. The van der Waals surface area contributed by atoms with Crippen LogP contribution in [0.3, 0.4) is 0 Å². The van der Waals surface area contributed by atoms with Crippen LogP contribution in [0.25, 0.3) is 0 Å². The number of hydrogen-bond donors (Lipinski definition) is 1. The second kappa shape index (κ2) is 8.76. The van der Waals surface area contributed by atoms with Crippen molar-refractivity contribution in [3.8, 4) is 0 Å². The van der Waals surface area contributed by atoms with Gasteiger partial charge in [-0.05, 0) is 39.2 Å². The van der Waals surface area contributed by atoms with E-state index in [0.717, 1.165) is 28.9 Å². The molecule has 1 heterocycles. The number of carbonyl (C=O) groups excluding carboxylic acids is 4. The molecule has 4 atom stereocenters. The first kappa shape index (κ1) is 21.0. The first-order valence-electron chi connectivity index (χ1n) is 10.2. The van der Waals surface area contributed by atoms with E-state index in [1.165, 1.54) is 13.8 Å². The van der Waals surface area contributed by atoms with Crippen LogP contribution in [-0.2, 0) is 30.5 Å². The Balaban J connectivity index is 1.54. The van der Waals surface area contributed by atoms with Crippen molar-refractivity contribution in [2.24, 2.45) is 11.8 Å². The molecule has 1 aliphatic carbocycles. The number of imide groups is 1. The van der Waals surface area contributed by atoms with Crippen molar-refractivity contribution in [2.45, 2.75) is 65.1 Å². The molecule has 7 heteroatoms. The van der Waals surface area contributed by atoms with Gasteiger partial charge in [0.2, 0.25) is 11.8 Å². The zero-order chi connectivity index (χ0) is 21.1. The quantitative estimate of drug-likeness (QED) is 0.583. The average molecular weight is 400 g/mol. The molecular weight excluding hydrogens is 372 g/mol. The summed E-state index contributed by atoms with van der Waals surface area (Å²) in [6.45, 7) is 5.26. The van der Waals surface area contributed by atoms with Crippen molar-refractivity contribution in [3.63, 3.8) is 0 Å². The maximum absolute atomic E-state index is 12.6. The fraction of sp³-hybridized carbons (Fsp3) is 0.545. The van der Waals surface area contributed by atoms with Crippen LogP contribution in [0.2, 0.25) is 0 Å². The van der Waals surface area contributed by atoms with E-state index in [0.29, 0.717) is 19.4 Å². The van der Waals surface area contributed by atoms with E-state index >= 15 is 0 Å². The van der Waals surface area contributed by atoms with Gasteiger partial charge in [-0.1, -0.05) is 42.7 Å². The summed E-state index contributed by atoms with van der Waals surface area (Å²) in [6.07, 6.45) is 2.19. The highest BCUT2D eigenvalue weighted by molar-refractivity contribution is 6.07. The molecule has 1 N–H and O–H groups in total. The summed E-state index contributed by atoms with van der Waals surface area (Å²) in [5.41, 5.74) is 2.06. The Hall–Kier alpha value is -2.70. The predicted octanol–water partition coefficient (Wildman–Crippen LogP) is 2.11. The van der Waals surface area contributed by atoms with Gasteiger partial charge in [-0.25, -0.2) is 4.79 Å². The molecule has 1 saturated heterocycles. The number of hydrogen-bond acceptors (Lipinski definition) is 5. The third-order valence-corrected chi connectivity index (χ3v) is 5.85. The van der Waals surface area contributed by atoms with Gasteiger partial charge in [-0.15, -0.1) is 0 Å². The number of fused-ring (bicyclic) bond motifs is 1. The molecule has 156 valence electrons. The lowest BCUT2D eigenvalue weighted by Crippen LogP contribution is -2.46. The van der Waals surface area contributed by atoms with Gasteiger partial charge in [0.15, 0.2) is 6.10 Å². The minimum atomic E-state index is -1.03. The first-order valence-corrected chi connectivity index (χ1v) is 10.2. The number of carbonyl (C=O) groups is 4. The van der Waals surface area contributed by atoms with E-state index in [4.69, 9.17) is 4.74 Å². The summed E-state index contributed by atoms with van der Waals surface area (Å²) < 4.78 is 5.25. The molecular formula is C22H28N2O5. The van der Waals surface area contributed by atoms with Crippen LogP contribution >= 0.6 is 0 Å². The van der Waals surface area contributed by atoms with Crippen LogP contribution in [0.4, 0.5) is 0 Å². The molecule has 3 amide bonds. The smallest absolute Gasteiger partial charge is 0.329 e. The molecule has 0 radical (unpaired) electrons. The van der Waals surface area contributed by atoms with Crippen molar-refractivity contribution < 1.29 is 23.9 Å². The Labute approximate surface area is 170 Å². The standard InChI is InChI=1S/C22H28N2O5/c1-13-8-10-16(11-9-13)12-23-19(25)15(3)29-22(28)14(2)24-20(26)17-6-4-5-7-18(17)21(24)27/h8-11,14-15,17-18H,4-7,12H2,1-3H3,(H,23,25)/t14-,15+,17-,18-/m0/s1. The third kappa shape index (κ3) is 4.49. The van der Waals surface area contributed by atoms with Crippen LogP contribution < -0.4 is 5.32 Å². The van der Waals surface area contributed by atoms with E-state index in [1.54, 1.807) is 0 Å². The molecule has 0 unspecified atom stereocenters. The van der Waals surface area contributed by atoms with E-state index in [1.807, 2.05) is 31.2 Å². The lowest BCUT2D eigenvalue weighted by molar-refractivity contribution is -0.164. The molecule has 0 aromatic heterocycles. The minimum Gasteiger partial charge on any atom is -0.451 e. The van der Waals surface area contributed by atoms with Gasteiger partial charge in [-0.2, -0.15) is 0 Å². The Morgan fingerprint density at radius 3 is 2.17 bits per heavy atom. The van der Waals surface area contributed by atoms with Crippen LogP contribution in [0.5, 0.6) is 0 Å². The van der Waals surface area contributed by atoms with Crippen molar-refractivity contribution in [1.29, 1.82) is 0 Å². The lowest BCUT2D eigenvalue weighted by atomic mass is 9.81. The largest absolute Gasteiger partial charge is 0.451 e. The molecule has 0 spiro atoms. The number of likely N-dealkylation sites (tertiary alicyclic amines) is 1. The van der Waals surface area contributed by atoms with Gasteiger partial charge >= 0.3 is 5.97 Å². The molecule has 2 fully saturated rings. The number of aryl methyl sites for hydroxylation is 1. The Morgan fingerprint density at radius 2 is 1.62 bits per heavy atom. The summed E-state index contributed by atoms with van der Waals surface area (Å²) in [4.78, 5) is 51.0. The molecule has 1 saturated carbocycles. The molecule has 2 aliphatic rings. The van der Waals surface area contributed by atoms with Crippen LogP contribution in [0.1, 0.15) is 50.7 Å². The van der Waals surface area contributed by atoms with E-state index in [2.05, 4.69) is 5.32 Å². The van der Waals surface area contributed by atoms with Gasteiger partial charge in [0.1, 0.15) is 6.04 Å². The van der Waals surface area contributed by atoms with Gasteiger partial charge in [-0.3, -0.25) is 19.3 Å². The molecule has 7 nitrogen and oxygen atoms in total. The predicted molar refractivity (Wildman–Crippen MR) is 105 cm³/mol. The van der Waals surface area contributed by atoms with Gasteiger partial charge < -0.3 is 10.1 Å². The van der Waals surface area contributed by atoms with Crippen molar-refractivity contribution in [1.82, 2.24) is 10.2 Å². The minimum absolute atomic E-state index is 0.291. The Bertz CT molecular complexity index is 780. The summed E-state index contributed by atoms with van der Waals surface area (Å²) in [6, 6.07) is 6.70. The summed E-state index contributed by atoms with van der Waals surface area (Å²) >= 11 is 0. The van der Waals surface area contributed by atoms with Crippen molar-refractivity contribution in [3.05, 3.63) is 35.4 Å². The molecule has 1 aliphatic heterocycles. The number of ether oxygens (including phenoxy) is 1. The highest BCUT2D eigenvalue weighted by Gasteiger charge is 2.51.